The summed E-state index contributed by atoms with van der Waals surface area (Å²) in [4.78, 5) is 3.98. The SMILES string of the molecule is N#Cc1cnc2c(c1NC1CCN(S(=O)(=O)c3cccc(C(F)(F)F)c3)CC1)CCN2S(=O)(=O)c1ccccc1. The molecule has 0 bridgehead atoms. The highest BCUT2D eigenvalue weighted by atomic mass is 32.2. The molecule has 2 aromatic carbocycles. The molecular weight excluding hydrogens is 567 g/mol. The predicted octanol–water partition coefficient (Wildman–Crippen LogP) is 3.99. The minimum Gasteiger partial charge on any atom is -0.381 e. The topological polar surface area (TPSA) is 123 Å². The Morgan fingerprint density at radius 1 is 0.925 bits per heavy atom. The van der Waals surface area contributed by atoms with Crippen molar-refractivity contribution in [2.75, 3.05) is 29.3 Å². The largest absolute Gasteiger partial charge is 0.416 e. The van der Waals surface area contributed by atoms with Crippen LogP contribution in [0.5, 0.6) is 0 Å². The van der Waals surface area contributed by atoms with Crippen molar-refractivity contribution < 1.29 is 30.0 Å². The Morgan fingerprint density at radius 2 is 1.60 bits per heavy atom. The van der Waals surface area contributed by atoms with Gasteiger partial charge in [0.15, 0.2) is 0 Å². The van der Waals surface area contributed by atoms with Crippen LogP contribution in [0.15, 0.2) is 70.6 Å². The van der Waals surface area contributed by atoms with Crippen molar-refractivity contribution in [2.24, 2.45) is 0 Å². The van der Waals surface area contributed by atoms with Gasteiger partial charge in [0.1, 0.15) is 11.9 Å². The number of fused-ring (bicyclic) bond motifs is 1. The Morgan fingerprint density at radius 3 is 2.25 bits per heavy atom. The van der Waals surface area contributed by atoms with Crippen LogP contribution in [-0.2, 0) is 32.6 Å². The highest BCUT2D eigenvalue weighted by Crippen LogP contribution is 2.38. The Hall–Kier alpha value is -3.67. The molecule has 40 heavy (non-hydrogen) atoms. The lowest BCUT2D eigenvalue weighted by Gasteiger charge is -2.32. The van der Waals surface area contributed by atoms with Gasteiger partial charge in [0.25, 0.3) is 10.0 Å². The normalized spacial score (nSPS) is 16.9. The number of piperidine rings is 1. The van der Waals surface area contributed by atoms with Crippen molar-refractivity contribution in [1.29, 1.82) is 5.26 Å². The molecule has 14 heteroatoms. The van der Waals surface area contributed by atoms with Crippen molar-refractivity contribution in [1.82, 2.24) is 9.29 Å². The maximum atomic E-state index is 13.3. The Balaban J connectivity index is 1.34. The zero-order valence-corrected chi connectivity index (χ0v) is 22.6. The monoisotopic (exact) mass is 591 g/mol. The first-order valence-electron chi connectivity index (χ1n) is 12.4. The third-order valence-corrected chi connectivity index (χ3v) is 10.7. The van der Waals surface area contributed by atoms with E-state index in [1.165, 1.54) is 22.6 Å². The van der Waals surface area contributed by atoms with Gasteiger partial charge < -0.3 is 5.32 Å². The number of benzene rings is 2. The maximum Gasteiger partial charge on any atom is 0.416 e. The molecule has 0 atom stereocenters. The minimum atomic E-state index is -4.66. The van der Waals surface area contributed by atoms with Gasteiger partial charge >= 0.3 is 6.18 Å². The number of hydrogen-bond donors (Lipinski definition) is 1. The van der Waals surface area contributed by atoms with Gasteiger partial charge in [0.2, 0.25) is 10.0 Å². The quantitative estimate of drug-likeness (QED) is 0.460. The van der Waals surface area contributed by atoms with Gasteiger partial charge in [-0.2, -0.15) is 22.7 Å². The van der Waals surface area contributed by atoms with E-state index in [4.69, 9.17) is 0 Å². The molecule has 0 spiro atoms. The van der Waals surface area contributed by atoms with Crippen LogP contribution in [0.2, 0.25) is 0 Å². The Bertz CT molecular complexity index is 1680. The number of rotatable bonds is 6. The average molecular weight is 592 g/mol. The number of halogens is 3. The summed E-state index contributed by atoms with van der Waals surface area (Å²) < 4.78 is 94.3. The van der Waals surface area contributed by atoms with Crippen LogP contribution in [0.25, 0.3) is 0 Å². The molecule has 3 heterocycles. The van der Waals surface area contributed by atoms with Crippen molar-refractivity contribution >= 4 is 31.6 Å². The highest BCUT2D eigenvalue weighted by Gasteiger charge is 2.37. The standard InChI is InChI=1S/C26H24F3N5O4S2/c27-26(28,29)19-5-4-8-22(15-19)39(35,36)33-12-9-20(10-13-33)32-24-18(16-30)17-31-25-23(24)11-14-34(25)40(37,38)21-6-2-1-3-7-21/h1-8,15,17,20H,9-14H2,(H,31,32). The van der Waals surface area contributed by atoms with Crippen LogP contribution in [0.4, 0.5) is 24.7 Å². The molecule has 0 amide bonds. The van der Waals surface area contributed by atoms with E-state index >= 15 is 0 Å². The second kappa shape index (κ2) is 10.4. The Kier molecular flexibility index (Phi) is 7.24. The molecule has 1 N–H and O–H groups in total. The Labute approximate surface area is 230 Å². The van der Waals surface area contributed by atoms with Gasteiger partial charge in [-0.25, -0.2) is 26.1 Å². The smallest absolute Gasteiger partial charge is 0.381 e. The summed E-state index contributed by atoms with van der Waals surface area (Å²) in [5.74, 6) is 0.231. The number of anilines is 2. The summed E-state index contributed by atoms with van der Waals surface area (Å²) in [6, 6.07) is 13.5. The first-order valence-corrected chi connectivity index (χ1v) is 15.2. The maximum absolute atomic E-state index is 13.3. The van der Waals surface area contributed by atoms with E-state index in [2.05, 4.69) is 16.4 Å². The van der Waals surface area contributed by atoms with Crippen LogP contribution in [0, 0.1) is 11.3 Å². The minimum absolute atomic E-state index is 0.0555. The van der Waals surface area contributed by atoms with E-state index in [-0.39, 0.29) is 42.0 Å². The molecule has 0 radical (unpaired) electrons. The molecule has 210 valence electrons. The first-order chi connectivity index (χ1) is 18.9. The number of nitrogens with zero attached hydrogens (tertiary/aromatic N) is 4. The van der Waals surface area contributed by atoms with Crippen LogP contribution in [0.3, 0.4) is 0 Å². The zero-order valence-electron chi connectivity index (χ0n) is 21.0. The van der Waals surface area contributed by atoms with E-state index in [0.29, 0.717) is 36.6 Å². The lowest BCUT2D eigenvalue weighted by Crippen LogP contribution is -2.42. The highest BCUT2D eigenvalue weighted by molar-refractivity contribution is 7.92. The van der Waals surface area contributed by atoms with Gasteiger partial charge in [-0.3, -0.25) is 0 Å². The molecule has 0 unspecified atom stereocenters. The van der Waals surface area contributed by atoms with Crippen LogP contribution >= 0.6 is 0 Å². The van der Waals surface area contributed by atoms with E-state index in [9.17, 15) is 35.3 Å². The fraction of sp³-hybridized carbons (Fsp3) is 0.308. The van der Waals surface area contributed by atoms with Gasteiger partial charge in [-0.1, -0.05) is 24.3 Å². The molecule has 1 fully saturated rings. The number of nitrogens with one attached hydrogen (secondary N) is 1. The number of aromatic nitrogens is 1. The molecule has 5 rings (SSSR count). The van der Waals surface area contributed by atoms with Crippen LogP contribution < -0.4 is 9.62 Å². The van der Waals surface area contributed by atoms with Gasteiger partial charge in [-0.15, -0.1) is 0 Å². The van der Waals surface area contributed by atoms with Crippen molar-refractivity contribution in [3.63, 3.8) is 0 Å². The van der Waals surface area contributed by atoms with E-state index in [1.807, 2.05) is 0 Å². The summed E-state index contributed by atoms with van der Waals surface area (Å²) in [7, 11) is -8.01. The van der Waals surface area contributed by atoms with Crippen molar-refractivity contribution in [2.45, 2.75) is 41.3 Å². The van der Waals surface area contributed by atoms with Gasteiger partial charge in [0.05, 0.1) is 26.6 Å². The molecule has 3 aromatic rings. The molecule has 1 saturated heterocycles. The zero-order chi connectivity index (χ0) is 28.7. The van der Waals surface area contributed by atoms with E-state index in [0.717, 1.165) is 22.5 Å². The fourth-order valence-electron chi connectivity index (χ4n) is 4.94. The second-order valence-corrected chi connectivity index (χ2v) is 13.2. The number of nitriles is 1. The molecular formula is C26H24F3N5O4S2. The van der Waals surface area contributed by atoms with Gasteiger partial charge in [-0.05, 0) is 49.6 Å². The lowest BCUT2D eigenvalue weighted by atomic mass is 10.0. The summed E-state index contributed by atoms with van der Waals surface area (Å²) in [5.41, 5.74) is 0.232. The molecule has 1 aromatic heterocycles. The lowest BCUT2D eigenvalue weighted by molar-refractivity contribution is -0.137. The average Bonchev–Trinajstić information content (AvgIpc) is 3.39. The summed E-state index contributed by atoms with van der Waals surface area (Å²) >= 11 is 0. The predicted molar refractivity (Wildman–Crippen MR) is 140 cm³/mol. The number of hydrogen-bond acceptors (Lipinski definition) is 7. The van der Waals surface area contributed by atoms with Crippen molar-refractivity contribution in [3.05, 3.63) is 77.5 Å². The van der Waals surface area contributed by atoms with E-state index < -0.39 is 36.7 Å². The number of alkyl halides is 3. The molecule has 2 aliphatic rings. The first kappa shape index (κ1) is 27.9. The number of sulfonamides is 2. The summed E-state index contributed by atoms with van der Waals surface area (Å²) in [5, 5.41) is 13.0. The molecule has 9 nitrogen and oxygen atoms in total. The molecule has 2 aliphatic heterocycles. The second-order valence-electron chi connectivity index (χ2n) is 9.45. The fourth-order valence-corrected chi connectivity index (χ4v) is 7.93. The van der Waals surface area contributed by atoms with E-state index in [1.54, 1.807) is 18.2 Å². The third-order valence-electron chi connectivity index (χ3n) is 7.01. The van der Waals surface area contributed by atoms with Gasteiger partial charge in [0, 0.05) is 37.4 Å². The number of pyridine rings is 1. The molecule has 0 saturated carbocycles. The summed E-state index contributed by atoms with van der Waals surface area (Å²) in [6.07, 6.45) is -2.37. The third kappa shape index (κ3) is 5.12. The van der Waals surface area contributed by atoms with Crippen molar-refractivity contribution in [3.8, 4) is 6.07 Å². The van der Waals surface area contributed by atoms with Crippen LogP contribution in [-0.4, -0.2) is 51.8 Å². The molecule has 0 aliphatic carbocycles. The summed E-state index contributed by atoms with van der Waals surface area (Å²) in [6.45, 7) is 0.261. The van der Waals surface area contributed by atoms with Crippen LogP contribution in [0.1, 0.15) is 29.5 Å².